The van der Waals surface area contributed by atoms with Crippen LogP contribution in [-0.2, 0) is 53.3 Å². The van der Waals surface area contributed by atoms with E-state index in [4.69, 9.17) is 63.8 Å². The van der Waals surface area contributed by atoms with Crippen molar-refractivity contribution in [2.45, 2.75) is 115 Å². The van der Waals surface area contributed by atoms with Crippen molar-refractivity contribution in [1.82, 2.24) is 64.2 Å². The first-order valence-corrected chi connectivity index (χ1v) is 46.2. The van der Waals surface area contributed by atoms with Gasteiger partial charge in [0.2, 0.25) is 37.4 Å². The summed E-state index contributed by atoms with van der Waals surface area (Å²) in [6, 6.07) is 46.3. The van der Waals surface area contributed by atoms with Gasteiger partial charge < -0.3 is 82.6 Å². The van der Waals surface area contributed by atoms with Gasteiger partial charge in [-0.3, -0.25) is 24.2 Å². The normalized spacial score (nSPS) is 20.8. The van der Waals surface area contributed by atoms with Gasteiger partial charge in [0, 0.05) is 166 Å². The predicted molar refractivity (Wildman–Crippen MR) is 510 cm³/mol. The maximum atomic E-state index is 13.2. The number of fused-ring (bicyclic) bond motifs is 6. The topological polar surface area (TPSA) is 211 Å². The summed E-state index contributed by atoms with van der Waals surface area (Å²) in [5, 5.41) is 7.39. The van der Waals surface area contributed by atoms with Crippen molar-refractivity contribution in [3.63, 3.8) is 0 Å². The van der Waals surface area contributed by atoms with Gasteiger partial charge in [-0.25, -0.2) is 19.7 Å². The van der Waals surface area contributed by atoms with Crippen LogP contribution in [0.3, 0.4) is 0 Å². The molecule has 3 amide bonds. The summed E-state index contributed by atoms with van der Waals surface area (Å²) in [4.78, 5) is 108. The van der Waals surface area contributed by atoms with Crippen molar-refractivity contribution in [2.75, 3.05) is 214 Å². The Bertz CT molecular complexity index is 5660. The molecule has 9 aliphatic heterocycles. The Morgan fingerprint density at radius 1 is 0.426 bits per heavy atom. The summed E-state index contributed by atoms with van der Waals surface area (Å²) in [7, 11) is 6.10. The molecule has 0 saturated carbocycles. The Labute approximate surface area is 759 Å². The van der Waals surface area contributed by atoms with Gasteiger partial charge in [0.15, 0.2) is 0 Å². The average molecular weight is 1740 g/mol. The molecule has 12 heterocycles. The first-order chi connectivity index (χ1) is 63.1. The predicted octanol–water partition coefficient (Wildman–Crippen LogP) is 11.9. The van der Waals surface area contributed by atoms with Gasteiger partial charge >= 0.3 is 18.0 Å². The van der Waals surface area contributed by atoms with E-state index >= 15 is 0 Å². The molecule has 28 nitrogen and oxygen atoms in total. The lowest BCUT2D eigenvalue weighted by molar-refractivity contribution is -0.129. The van der Waals surface area contributed by atoms with Crippen LogP contribution in [0, 0.1) is 25.6 Å². The van der Waals surface area contributed by atoms with Crippen molar-refractivity contribution in [3.8, 4) is 18.0 Å². The number of nitrogens with zero attached hydrogens (tertiary/aromatic N) is 22. The van der Waals surface area contributed by atoms with Gasteiger partial charge in [-0.15, -0.1) is 0 Å². The number of carbonyl (C=O) groups excluding carboxylic acids is 3. The maximum absolute atomic E-state index is 13.2. The largest absolute Gasteiger partial charge is 0.463 e. The summed E-state index contributed by atoms with van der Waals surface area (Å²) in [5.41, 5.74) is 10.0. The van der Waals surface area contributed by atoms with Crippen LogP contribution in [0.1, 0.15) is 79.7 Å². The van der Waals surface area contributed by atoms with E-state index in [0.29, 0.717) is 141 Å². The van der Waals surface area contributed by atoms with Gasteiger partial charge in [-0.1, -0.05) is 142 Å². The summed E-state index contributed by atoms with van der Waals surface area (Å²) < 4.78 is 19.0. The number of likely N-dealkylation sites (tertiary alicyclic amines) is 3. The molecule has 0 bridgehead atoms. The number of amides is 3. The molecular weight excluding hydrogens is 1620 g/mol. The van der Waals surface area contributed by atoms with Gasteiger partial charge in [0.1, 0.15) is 48.8 Å². The lowest BCUT2D eigenvalue weighted by atomic mass is 10.0. The number of hydrogen-bond acceptors (Lipinski definition) is 22. The molecule has 1 unspecified atom stereocenters. The number of benzene rings is 6. The third kappa shape index (κ3) is 20.8. The number of anilines is 6. The highest BCUT2D eigenvalue weighted by Gasteiger charge is 2.40. The number of aromatic nitrogens is 6. The van der Waals surface area contributed by atoms with E-state index in [1.165, 1.54) is 74.4 Å². The van der Waals surface area contributed by atoms with Crippen LogP contribution in [-0.4, -0.2) is 297 Å². The zero-order valence-electron chi connectivity index (χ0n) is 75.6. The first-order valence-electron chi connectivity index (χ1n) is 46.2. The highest BCUT2D eigenvalue weighted by atomic mass is 16.5. The minimum atomic E-state index is -0.218. The Morgan fingerprint density at radius 2 is 0.791 bits per heavy atom. The number of likely N-dealkylation sites (N-methyl/N-ethyl adjacent to an activating group) is 3. The Hall–Kier alpha value is -12.5. The van der Waals surface area contributed by atoms with Crippen LogP contribution in [0.25, 0.3) is 46.9 Å². The molecule has 0 aliphatic carbocycles. The summed E-state index contributed by atoms with van der Waals surface area (Å²) in [5.74, 6) is 2.83. The third-order valence-electron chi connectivity index (χ3n) is 27.1. The van der Waals surface area contributed by atoms with Crippen molar-refractivity contribution in [1.29, 1.82) is 0 Å². The van der Waals surface area contributed by atoms with E-state index in [1.54, 1.807) is 15.9 Å². The molecule has 6 saturated heterocycles. The minimum absolute atomic E-state index is 0.0355. The van der Waals surface area contributed by atoms with Crippen LogP contribution in [0.2, 0.25) is 0 Å². The van der Waals surface area contributed by atoms with E-state index in [-0.39, 0.29) is 55.5 Å². The Morgan fingerprint density at radius 3 is 1.14 bits per heavy atom. The Kier molecular flexibility index (Phi) is 29.4. The summed E-state index contributed by atoms with van der Waals surface area (Å²) in [6.07, 6.45) is 14.4. The molecule has 129 heavy (non-hydrogen) atoms. The van der Waals surface area contributed by atoms with Crippen LogP contribution in [0.15, 0.2) is 165 Å². The molecule has 18 rings (SSSR count). The van der Waals surface area contributed by atoms with E-state index in [2.05, 4.69) is 220 Å². The number of hydrogen-bond donors (Lipinski definition) is 0. The summed E-state index contributed by atoms with van der Waals surface area (Å²) in [6.45, 7) is 53.6. The molecule has 0 radical (unpaired) electrons. The van der Waals surface area contributed by atoms with Gasteiger partial charge in [-0.2, -0.15) is 29.9 Å². The first kappa shape index (κ1) is 89.9. The van der Waals surface area contributed by atoms with Crippen molar-refractivity contribution in [2.24, 2.45) is 5.92 Å². The minimum Gasteiger partial charge on any atom is -0.463 e. The molecule has 3 aromatic heterocycles. The van der Waals surface area contributed by atoms with Crippen LogP contribution in [0.5, 0.6) is 18.0 Å². The van der Waals surface area contributed by atoms with E-state index < -0.39 is 0 Å². The lowest BCUT2D eigenvalue weighted by Crippen LogP contribution is -2.56. The molecular formula is C101H122N22O6. The molecule has 9 aromatic rings. The average Bonchev–Trinajstić information content (AvgIpc) is 1.77. The second-order valence-corrected chi connectivity index (χ2v) is 35.5. The fourth-order valence-electron chi connectivity index (χ4n) is 20.4. The van der Waals surface area contributed by atoms with Gasteiger partial charge in [0.05, 0.1) is 43.3 Å². The zero-order chi connectivity index (χ0) is 89.4. The van der Waals surface area contributed by atoms with Gasteiger partial charge in [0.25, 0.3) is 0 Å². The molecule has 6 aromatic carbocycles. The number of carbonyl (C=O) groups is 3. The van der Waals surface area contributed by atoms with Crippen LogP contribution >= 0.6 is 0 Å². The molecule has 9 aliphatic rings. The smallest absolute Gasteiger partial charge is 0.318 e. The van der Waals surface area contributed by atoms with Crippen molar-refractivity contribution >= 4 is 84.6 Å². The molecule has 28 heteroatoms. The second-order valence-electron chi connectivity index (χ2n) is 35.5. The summed E-state index contributed by atoms with van der Waals surface area (Å²) >= 11 is 0. The molecule has 0 spiro atoms. The van der Waals surface area contributed by atoms with Gasteiger partial charge in [-0.05, 0) is 152 Å². The number of piperazine rings is 3. The Balaban J connectivity index is 0.000000142. The quantitative estimate of drug-likeness (QED) is 0.0384. The van der Waals surface area contributed by atoms with Crippen molar-refractivity contribution in [3.05, 3.63) is 233 Å². The zero-order valence-corrected chi connectivity index (χ0v) is 75.6. The lowest BCUT2D eigenvalue weighted by Gasteiger charge is -2.41. The van der Waals surface area contributed by atoms with E-state index in [0.717, 1.165) is 149 Å². The van der Waals surface area contributed by atoms with Crippen LogP contribution in [0.4, 0.5) is 34.5 Å². The molecule has 0 N–H and O–H groups in total. The second kappa shape index (κ2) is 42.2. The fourth-order valence-corrected chi connectivity index (χ4v) is 20.4. The number of rotatable bonds is 25. The highest BCUT2D eigenvalue weighted by Crippen LogP contribution is 2.41. The fraction of sp³-hybridized carbons (Fsp3) is 0.465. The molecule has 6 atom stereocenters. The highest BCUT2D eigenvalue weighted by molar-refractivity contribution is 5.97. The third-order valence-corrected chi connectivity index (χ3v) is 27.1. The van der Waals surface area contributed by atoms with E-state index in [9.17, 15) is 14.4 Å². The monoisotopic (exact) mass is 1740 g/mol. The number of ether oxygens (including phenoxy) is 3. The van der Waals surface area contributed by atoms with Crippen molar-refractivity contribution < 1.29 is 28.6 Å². The molecule has 672 valence electrons. The van der Waals surface area contributed by atoms with E-state index in [1.807, 2.05) is 30.0 Å². The molecule has 6 fully saturated rings. The SMILES string of the molecule is [C-]#[N+]CC1CN(c2nc(OC[C@H]3CCN(C)C3)nc3c2CCN(c2cccc4ccccc24)C3)CCN1C(=O)C=C.[C-]#[N+]C[C@H]1CN(c2nc(OC[C@@H]3CCCN3CC)nc3c2CCN(c2cccc4ccccc24)C3)CCN1C(=O)/C=C/CN(C)C.[C-]#[N+]C[C@H]1CN(c2nc(OC[C@@H]3CCCN3CC)nc3c2CCN(c2cccc4ccccc24)C3)CCN1C(=O)C=C. The maximum Gasteiger partial charge on any atom is 0.318 e. The van der Waals surface area contributed by atoms with Crippen LogP contribution < -0.4 is 43.6 Å². The standard InChI is InChI=1S/C36H46N8O2.C33H39N7O2.C32H37N7O2/c1-5-41-19-9-13-28(41)26-46-36-38-32-25-42(33-15-8-12-27-11-6-7-14-30(27)33)20-17-31(32)35(39-36)43-21-22-44(29(24-43)23-37-2)34(45)16-10-18-40(3)4;1-4-31(41)40-19-18-39(21-26(40)20-34-3)32-28-15-17-38(30-14-8-11-24-10-6-7-13-27(24)30)22-29(28)35-33(36-32)42-23-25-12-9-16-37(25)5-2;1-4-30(40)39-17-16-38(20-25(39)18-33-2)31-27-13-15-37(29-11-7-9-24-8-5-6-10-26(24)29)21-28(27)34-32(35-31)41-22-23-12-14-36(3)19-23/h6-8,10-12,14-16,28-29H,5,9,13,17-26H2,1,3-4H3;4,6-8,10-11,13-14,25-26H,1,5,9,12,15-23H2,2H3;4-11,23,25H,1,12-22H2,3H3/b16-10+;;/t28-,29-;25-,26-;23-,25?/m000/s1.